The average Bonchev–Trinajstić information content (AvgIpc) is 2.89. The molecule has 1 aromatic rings. The van der Waals surface area contributed by atoms with E-state index in [1.807, 2.05) is 0 Å². The fourth-order valence-electron chi connectivity index (χ4n) is 2.40. The molecule has 0 N–H and O–H groups in total. The number of ether oxygens (including phenoxy) is 1. The molecule has 0 amide bonds. The first-order valence-corrected chi connectivity index (χ1v) is 7.79. The summed E-state index contributed by atoms with van der Waals surface area (Å²) in [5.41, 5.74) is -0.147. The van der Waals surface area contributed by atoms with E-state index in [0.29, 0.717) is 0 Å². The lowest BCUT2D eigenvalue weighted by atomic mass is 9.99. The van der Waals surface area contributed by atoms with Crippen LogP contribution < -0.4 is 0 Å². The van der Waals surface area contributed by atoms with E-state index < -0.39 is 21.9 Å². The monoisotopic (exact) mass is 309 g/mol. The Bertz CT molecular complexity index is 696. The second-order valence-electron chi connectivity index (χ2n) is 4.89. The van der Waals surface area contributed by atoms with Crippen LogP contribution in [-0.2, 0) is 19.6 Å². The van der Waals surface area contributed by atoms with Crippen LogP contribution in [0.25, 0.3) is 0 Å². The lowest BCUT2D eigenvalue weighted by Crippen LogP contribution is -2.31. The van der Waals surface area contributed by atoms with Crippen molar-refractivity contribution in [2.24, 2.45) is 11.8 Å². The minimum atomic E-state index is -3.85. The molecule has 112 valence electrons. The molecule has 0 bridgehead atoms. The van der Waals surface area contributed by atoms with Gasteiger partial charge in [0.05, 0.1) is 13.0 Å². The van der Waals surface area contributed by atoms with E-state index in [-0.39, 0.29) is 29.6 Å². The second-order valence-corrected chi connectivity index (χ2v) is 6.80. The molecule has 7 nitrogen and oxygen atoms in total. The Morgan fingerprint density at radius 1 is 1.52 bits per heavy atom. The van der Waals surface area contributed by atoms with Gasteiger partial charge in [0, 0.05) is 19.3 Å². The summed E-state index contributed by atoms with van der Waals surface area (Å²) in [4.78, 5) is 15.3. The van der Waals surface area contributed by atoms with E-state index >= 15 is 0 Å². The van der Waals surface area contributed by atoms with Crippen molar-refractivity contribution in [1.29, 1.82) is 5.26 Å². The molecule has 8 heteroatoms. The van der Waals surface area contributed by atoms with Gasteiger partial charge in [-0.25, -0.2) is 13.4 Å². The third kappa shape index (κ3) is 2.75. The first-order chi connectivity index (χ1) is 9.91. The molecule has 1 aliphatic heterocycles. The number of pyridine rings is 1. The van der Waals surface area contributed by atoms with Gasteiger partial charge in [0.25, 0.3) is 0 Å². The third-order valence-electron chi connectivity index (χ3n) is 3.58. The topological polar surface area (TPSA) is 100 Å². The summed E-state index contributed by atoms with van der Waals surface area (Å²) in [5.74, 6) is -1.06. The highest BCUT2D eigenvalue weighted by Crippen LogP contribution is 2.29. The number of hydrogen-bond acceptors (Lipinski definition) is 6. The maximum atomic E-state index is 12.6. The summed E-state index contributed by atoms with van der Waals surface area (Å²) in [5, 5.41) is 8.99. The number of sulfonamides is 1. The number of hydrogen-bond donors (Lipinski definition) is 0. The number of aromatic nitrogens is 1. The number of carbonyl (C=O) groups is 1. The minimum absolute atomic E-state index is 0.0515. The van der Waals surface area contributed by atoms with Crippen LogP contribution in [-0.4, -0.2) is 43.9 Å². The van der Waals surface area contributed by atoms with E-state index in [9.17, 15) is 13.2 Å². The number of carbonyl (C=O) groups excluding carboxylic acids is 1. The largest absolute Gasteiger partial charge is 0.469 e. The van der Waals surface area contributed by atoms with Crippen LogP contribution >= 0.6 is 0 Å². The van der Waals surface area contributed by atoms with Gasteiger partial charge in [-0.3, -0.25) is 4.79 Å². The Kier molecular flexibility index (Phi) is 4.25. The van der Waals surface area contributed by atoms with E-state index in [2.05, 4.69) is 4.98 Å². The highest BCUT2D eigenvalue weighted by Gasteiger charge is 2.42. The zero-order chi connectivity index (χ0) is 15.6. The van der Waals surface area contributed by atoms with Crippen molar-refractivity contribution in [2.45, 2.75) is 11.8 Å². The van der Waals surface area contributed by atoms with Crippen LogP contribution in [0.15, 0.2) is 23.2 Å². The van der Waals surface area contributed by atoms with Gasteiger partial charge < -0.3 is 4.74 Å². The first-order valence-electron chi connectivity index (χ1n) is 6.35. The fourth-order valence-corrected chi connectivity index (χ4v) is 4.06. The Balaban J connectivity index is 2.34. The zero-order valence-electron chi connectivity index (χ0n) is 11.7. The molecular formula is C13H15N3O4S. The van der Waals surface area contributed by atoms with Crippen LogP contribution in [0.3, 0.4) is 0 Å². The van der Waals surface area contributed by atoms with Gasteiger partial charge in [0.15, 0.2) is 5.69 Å². The van der Waals surface area contributed by atoms with Gasteiger partial charge in [0.2, 0.25) is 10.0 Å². The Morgan fingerprint density at radius 2 is 2.24 bits per heavy atom. The molecule has 1 fully saturated rings. The van der Waals surface area contributed by atoms with Crippen LogP contribution in [0.4, 0.5) is 0 Å². The van der Waals surface area contributed by atoms with Crippen LogP contribution in [0.5, 0.6) is 0 Å². The molecule has 2 unspecified atom stereocenters. The molecule has 0 spiro atoms. The maximum Gasteiger partial charge on any atom is 0.310 e. The van der Waals surface area contributed by atoms with Crippen LogP contribution in [0.2, 0.25) is 0 Å². The van der Waals surface area contributed by atoms with E-state index in [1.165, 1.54) is 29.7 Å². The molecule has 2 atom stereocenters. The van der Waals surface area contributed by atoms with Crippen molar-refractivity contribution in [3.8, 4) is 6.07 Å². The summed E-state index contributed by atoms with van der Waals surface area (Å²) in [6.07, 6.45) is 1.36. The van der Waals surface area contributed by atoms with Gasteiger partial charge in [0.1, 0.15) is 11.0 Å². The maximum absolute atomic E-state index is 12.6. The standard InChI is InChI=1S/C13H15N3O4S/c1-9-7-16(8-10(9)13(17)20-2)21(18,19)12-4-3-5-15-11(12)6-14/h3-5,9-10H,7-8H2,1-2H3. The predicted octanol–water partition coefficient (Wildman–Crippen LogP) is 0.383. The molecule has 2 heterocycles. The molecule has 0 saturated carbocycles. The molecule has 1 aromatic heterocycles. The van der Waals surface area contributed by atoms with Crippen molar-refractivity contribution in [3.63, 3.8) is 0 Å². The predicted molar refractivity (Wildman–Crippen MR) is 72.4 cm³/mol. The smallest absolute Gasteiger partial charge is 0.310 e. The quantitative estimate of drug-likeness (QED) is 0.748. The number of nitriles is 1. The Hall–Kier alpha value is -1.98. The Morgan fingerprint density at radius 3 is 2.86 bits per heavy atom. The number of nitrogens with zero attached hydrogens (tertiary/aromatic N) is 3. The van der Waals surface area contributed by atoms with Crippen molar-refractivity contribution >= 4 is 16.0 Å². The highest BCUT2D eigenvalue weighted by molar-refractivity contribution is 7.89. The van der Waals surface area contributed by atoms with Gasteiger partial charge in [-0.2, -0.15) is 9.57 Å². The lowest BCUT2D eigenvalue weighted by molar-refractivity contribution is -0.145. The van der Waals surface area contributed by atoms with Crippen molar-refractivity contribution in [3.05, 3.63) is 24.0 Å². The molecule has 0 aromatic carbocycles. The SMILES string of the molecule is COC(=O)C1CN(S(=O)(=O)c2cccnc2C#N)CC1C. The van der Waals surface area contributed by atoms with Gasteiger partial charge >= 0.3 is 5.97 Å². The minimum Gasteiger partial charge on any atom is -0.469 e. The summed E-state index contributed by atoms with van der Waals surface area (Å²) in [6, 6.07) is 4.58. The van der Waals surface area contributed by atoms with Gasteiger partial charge in [-0.1, -0.05) is 6.92 Å². The molecular weight excluding hydrogens is 294 g/mol. The number of methoxy groups -OCH3 is 1. The molecule has 0 radical (unpaired) electrons. The highest BCUT2D eigenvalue weighted by atomic mass is 32.2. The number of rotatable bonds is 3. The first kappa shape index (κ1) is 15.4. The summed E-state index contributed by atoms with van der Waals surface area (Å²) >= 11 is 0. The third-order valence-corrected chi connectivity index (χ3v) is 5.44. The van der Waals surface area contributed by atoms with Crippen molar-refractivity contribution in [2.75, 3.05) is 20.2 Å². The van der Waals surface area contributed by atoms with Crippen LogP contribution in [0, 0.1) is 23.2 Å². The van der Waals surface area contributed by atoms with E-state index in [1.54, 1.807) is 13.0 Å². The van der Waals surface area contributed by atoms with Gasteiger partial charge in [-0.05, 0) is 18.1 Å². The zero-order valence-corrected chi connectivity index (χ0v) is 12.5. The van der Waals surface area contributed by atoms with Gasteiger partial charge in [-0.15, -0.1) is 0 Å². The summed E-state index contributed by atoms with van der Waals surface area (Å²) in [7, 11) is -2.57. The average molecular weight is 309 g/mol. The molecule has 21 heavy (non-hydrogen) atoms. The lowest BCUT2D eigenvalue weighted by Gasteiger charge is -2.16. The number of esters is 1. The summed E-state index contributed by atoms with van der Waals surface area (Å²) < 4.78 is 31.1. The Labute approximate surface area is 123 Å². The molecule has 0 aliphatic carbocycles. The van der Waals surface area contributed by atoms with Crippen molar-refractivity contribution < 1.29 is 17.9 Å². The molecule has 1 saturated heterocycles. The van der Waals surface area contributed by atoms with Crippen molar-refractivity contribution in [1.82, 2.24) is 9.29 Å². The summed E-state index contributed by atoms with van der Waals surface area (Å²) in [6.45, 7) is 2.06. The fraction of sp³-hybridized carbons (Fsp3) is 0.462. The normalized spacial score (nSPS) is 22.7. The molecule has 2 rings (SSSR count). The second kappa shape index (κ2) is 5.79. The molecule has 1 aliphatic rings. The van der Waals surface area contributed by atoms with E-state index in [4.69, 9.17) is 10.00 Å². The van der Waals surface area contributed by atoms with Crippen LogP contribution in [0.1, 0.15) is 12.6 Å². The van der Waals surface area contributed by atoms with E-state index in [0.717, 1.165) is 0 Å².